The van der Waals surface area contributed by atoms with Crippen LogP contribution in [0, 0.1) is 5.82 Å². The van der Waals surface area contributed by atoms with Gasteiger partial charge in [-0.05, 0) is 34.1 Å². The number of hydrogen-bond acceptors (Lipinski definition) is 3. The molecule has 1 rings (SSSR count). The highest BCUT2D eigenvalue weighted by Gasteiger charge is 2.17. The number of nitrogens with one attached hydrogen (secondary N) is 1. The number of ether oxygens (including phenoxy) is 1. The summed E-state index contributed by atoms with van der Waals surface area (Å²) in [7, 11) is 1.41. The van der Waals surface area contributed by atoms with Crippen LogP contribution >= 0.6 is 15.9 Å². The minimum Gasteiger partial charge on any atom is -0.480 e. The maximum Gasteiger partial charge on any atom is 0.328 e. The number of rotatable bonds is 5. The van der Waals surface area contributed by atoms with Gasteiger partial charge in [-0.1, -0.05) is 0 Å². The first-order valence-electron chi connectivity index (χ1n) is 4.48. The summed E-state index contributed by atoms with van der Waals surface area (Å²) in [5.41, 5.74) is 0.505. The molecule has 0 amide bonds. The van der Waals surface area contributed by atoms with Crippen molar-refractivity contribution in [1.82, 2.24) is 0 Å². The van der Waals surface area contributed by atoms with Gasteiger partial charge in [0.05, 0.1) is 6.61 Å². The Bertz CT molecular complexity index is 386. The van der Waals surface area contributed by atoms with Gasteiger partial charge in [0.25, 0.3) is 0 Å². The minimum absolute atomic E-state index is 0.0269. The zero-order valence-corrected chi connectivity index (χ0v) is 10.1. The molecule has 0 aliphatic carbocycles. The third-order valence-electron chi connectivity index (χ3n) is 1.89. The third kappa shape index (κ3) is 3.46. The fourth-order valence-electron chi connectivity index (χ4n) is 1.14. The van der Waals surface area contributed by atoms with E-state index >= 15 is 0 Å². The summed E-state index contributed by atoms with van der Waals surface area (Å²) in [6, 6.07) is 3.10. The number of carboxylic acid groups (broad SMARTS) is 1. The maximum absolute atomic E-state index is 12.8. The second-order valence-electron chi connectivity index (χ2n) is 3.11. The lowest BCUT2D eigenvalue weighted by molar-refractivity contribution is -0.139. The number of anilines is 1. The molecule has 88 valence electrons. The first-order chi connectivity index (χ1) is 7.54. The number of hydrogen-bond donors (Lipinski definition) is 2. The molecule has 16 heavy (non-hydrogen) atoms. The van der Waals surface area contributed by atoms with Crippen molar-refractivity contribution in [2.45, 2.75) is 6.04 Å². The molecule has 0 spiro atoms. The summed E-state index contributed by atoms with van der Waals surface area (Å²) in [4.78, 5) is 10.8. The van der Waals surface area contributed by atoms with Crippen LogP contribution in [0.25, 0.3) is 0 Å². The van der Waals surface area contributed by atoms with Crippen molar-refractivity contribution in [3.05, 3.63) is 28.5 Å². The van der Waals surface area contributed by atoms with Gasteiger partial charge < -0.3 is 15.2 Å². The highest BCUT2D eigenvalue weighted by molar-refractivity contribution is 9.10. The lowest BCUT2D eigenvalue weighted by atomic mass is 10.2. The molecule has 0 aromatic heterocycles. The van der Waals surface area contributed by atoms with Crippen LogP contribution in [0.15, 0.2) is 22.7 Å². The van der Waals surface area contributed by atoms with E-state index in [0.717, 1.165) is 0 Å². The smallest absolute Gasteiger partial charge is 0.328 e. The SMILES string of the molecule is COCC(Nc1ccc(F)cc1Br)C(=O)O. The lowest BCUT2D eigenvalue weighted by Gasteiger charge is -2.15. The number of aliphatic carboxylic acids is 1. The van der Waals surface area contributed by atoms with E-state index in [9.17, 15) is 9.18 Å². The summed E-state index contributed by atoms with van der Waals surface area (Å²) < 4.78 is 18.0. The number of halogens is 2. The van der Waals surface area contributed by atoms with Crippen molar-refractivity contribution in [3.8, 4) is 0 Å². The van der Waals surface area contributed by atoms with E-state index < -0.39 is 17.8 Å². The van der Waals surface area contributed by atoms with Crippen LogP contribution in [0.3, 0.4) is 0 Å². The van der Waals surface area contributed by atoms with Gasteiger partial charge in [-0.15, -0.1) is 0 Å². The largest absolute Gasteiger partial charge is 0.480 e. The van der Waals surface area contributed by atoms with Crippen molar-refractivity contribution in [3.63, 3.8) is 0 Å². The molecule has 0 aliphatic heterocycles. The van der Waals surface area contributed by atoms with E-state index in [4.69, 9.17) is 9.84 Å². The fraction of sp³-hybridized carbons (Fsp3) is 0.300. The number of carboxylic acids is 1. The molecular formula is C10H11BrFNO3. The van der Waals surface area contributed by atoms with Crippen molar-refractivity contribution in [1.29, 1.82) is 0 Å². The standard InChI is InChI=1S/C10H11BrFNO3/c1-16-5-9(10(14)15)13-8-3-2-6(12)4-7(8)11/h2-4,9,13H,5H2,1H3,(H,14,15). The van der Waals surface area contributed by atoms with Crippen LogP contribution < -0.4 is 5.32 Å². The van der Waals surface area contributed by atoms with E-state index in [0.29, 0.717) is 10.2 Å². The Labute approximate surface area is 101 Å². The molecule has 0 saturated heterocycles. The quantitative estimate of drug-likeness (QED) is 0.872. The topological polar surface area (TPSA) is 58.6 Å². The molecule has 0 radical (unpaired) electrons. The Kier molecular flexibility index (Phi) is 4.70. The summed E-state index contributed by atoms with van der Waals surface area (Å²) in [6.45, 7) is 0.0269. The first-order valence-corrected chi connectivity index (χ1v) is 5.27. The zero-order chi connectivity index (χ0) is 12.1. The second kappa shape index (κ2) is 5.81. The third-order valence-corrected chi connectivity index (χ3v) is 2.55. The summed E-state index contributed by atoms with van der Waals surface area (Å²) in [5, 5.41) is 11.6. The predicted molar refractivity (Wildman–Crippen MR) is 61.0 cm³/mol. The first kappa shape index (κ1) is 12.9. The Hall–Kier alpha value is -1.14. The Balaban J connectivity index is 2.81. The second-order valence-corrected chi connectivity index (χ2v) is 3.97. The van der Waals surface area contributed by atoms with Crippen molar-refractivity contribution < 1.29 is 19.0 Å². The van der Waals surface area contributed by atoms with Gasteiger partial charge in [0.15, 0.2) is 0 Å². The molecule has 1 unspecified atom stereocenters. The number of methoxy groups -OCH3 is 1. The minimum atomic E-state index is -1.03. The van der Waals surface area contributed by atoms with Gasteiger partial charge in [0.2, 0.25) is 0 Å². The summed E-state index contributed by atoms with van der Waals surface area (Å²) in [6.07, 6.45) is 0. The van der Waals surface area contributed by atoms with Crippen molar-refractivity contribution >= 4 is 27.6 Å². The van der Waals surface area contributed by atoms with E-state index in [1.807, 2.05) is 0 Å². The van der Waals surface area contributed by atoms with Crippen LogP contribution in [0.2, 0.25) is 0 Å². The number of benzene rings is 1. The van der Waals surface area contributed by atoms with E-state index in [1.54, 1.807) is 0 Å². The van der Waals surface area contributed by atoms with Crippen molar-refractivity contribution in [2.24, 2.45) is 0 Å². The van der Waals surface area contributed by atoms with Gasteiger partial charge in [-0.3, -0.25) is 0 Å². The van der Waals surface area contributed by atoms with Crippen molar-refractivity contribution in [2.75, 3.05) is 19.0 Å². The lowest BCUT2D eigenvalue weighted by Crippen LogP contribution is -2.33. The van der Waals surface area contributed by atoms with E-state index in [1.165, 1.54) is 25.3 Å². The Morgan fingerprint density at radius 1 is 1.69 bits per heavy atom. The van der Waals surface area contributed by atoms with Crippen LogP contribution in [-0.2, 0) is 9.53 Å². The van der Waals surface area contributed by atoms with Gasteiger partial charge in [0.1, 0.15) is 11.9 Å². The number of carbonyl (C=O) groups is 1. The molecule has 1 aromatic carbocycles. The summed E-state index contributed by atoms with van der Waals surface area (Å²) >= 11 is 3.14. The molecule has 0 aliphatic rings. The molecule has 1 atom stereocenters. The molecular weight excluding hydrogens is 281 g/mol. The Morgan fingerprint density at radius 3 is 2.88 bits per heavy atom. The molecule has 6 heteroatoms. The molecule has 0 heterocycles. The van der Waals surface area contributed by atoms with Gasteiger partial charge in [-0.2, -0.15) is 0 Å². The summed E-state index contributed by atoms with van der Waals surface area (Å²) in [5.74, 6) is -1.42. The molecule has 4 nitrogen and oxygen atoms in total. The van der Waals surface area contributed by atoms with Crippen LogP contribution in [0.5, 0.6) is 0 Å². The molecule has 1 aromatic rings. The molecule has 0 saturated carbocycles. The maximum atomic E-state index is 12.8. The van der Waals surface area contributed by atoms with Crippen LogP contribution in [-0.4, -0.2) is 30.8 Å². The zero-order valence-electron chi connectivity index (χ0n) is 8.54. The normalized spacial score (nSPS) is 12.2. The Morgan fingerprint density at radius 2 is 2.38 bits per heavy atom. The van der Waals surface area contributed by atoms with Gasteiger partial charge in [0, 0.05) is 17.3 Å². The van der Waals surface area contributed by atoms with Gasteiger partial charge >= 0.3 is 5.97 Å². The average molecular weight is 292 g/mol. The average Bonchev–Trinajstić information content (AvgIpc) is 2.20. The fourth-order valence-corrected chi connectivity index (χ4v) is 1.60. The monoisotopic (exact) mass is 291 g/mol. The van der Waals surface area contributed by atoms with E-state index in [-0.39, 0.29) is 6.61 Å². The molecule has 0 fully saturated rings. The highest BCUT2D eigenvalue weighted by atomic mass is 79.9. The predicted octanol–water partition coefficient (Wildman–Crippen LogP) is 2.10. The van der Waals surface area contributed by atoms with E-state index in [2.05, 4.69) is 21.2 Å². The van der Waals surface area contributed by atoms with Crippen LogP contribution in [0.1, 0.15) is 0 Å². The van der Waals surface area contributed by atoms with Crippen LogP contribution in [0.4, 0.5) is 10.1 Å². The molecule has 2 N–H and O–H groups in total. The van der Waals surface area contributed by atoms with Gasteiger partial charge in [-0.25, -0.2) is 9.18 Å². The highest BCUT2D eigenvalue weighted by Crippen LogP contribution is 2.23. The molecule has 0 bridgehead atoms.